The lowest BCUT2D eigenvalue weighted by atomic mass is 10.0. The van der Waals surface area contributed by atoms with Gasteiger partial charge in [-0.05, 0) is 24.6 Å². The van der Waals surface area contributed by atoms with Crippen molar-refractivity contribution in [3.63, 3.8) is 0 Å². The van der Waals surface area contributed by atoms with Crippen LogP contribution in [0.3, 0.4) is 0 Å². The van der Waals surface area contributed by atoms with Crippen LogP contribution in [0.4, 0.5) is 0 Å². The zero-order chi connectivity index (χ0) is 15.9. The monoisotopic (exact) mass is 306 g/mol. The number of rotatable bonds is 7. The van der Waals surface area contributed by atoms with Crippen LogP contribution in [-0.2, 0) is 20.8 Å². The second-order valence-electron chi connectivity index (χ2n) is 5.35. The van der Waals surface area contributed by atoms with Gasteiger partial charge in [0.1, 0.15) is 5.75 Å². The Morgan fingerprint density at radius 2 is 2.32 bits per heavy atom. The summed E-state index contributed by atoms with van der Waals surface area (Å²) in [6.45, 7) is 2.35. The van der Waals surface area contributed by atoms with E-state index in [1.807, 2.05) is 31.2 Å². The average molecular weight is 306 g/mol. The number of benzene rings is 1. The number of carbonyl (C=O) groups excluding carboxylic acids is 1. The zero-order valence-corrected chi connectivity index (χ0v) is 13.2. The van der Waals surface area contributed by atoms with Gasteiger partial charge in [-0.3, -0.25) is 4.79 Å². The Labute approximate surface area is 130 Å². The first-order valence-electron chi connectivity index (χ1n) is 7.26. The van der Waals surface area contributed by atoms with Crippen molar-refractivity contribution in [1.29, 1.82) is 0 Å². The van der Waals surface area contributed by atoms with E-state index in [-0.39, 0.29) is 11.9 Å². The van der Waals surface area contributed by atoms with Crippen LogP contribution in [0.5, 0.6) is 5.75 Å². The van der Waals surface area contributed by atoms with Crippen LogP contribution in [0.15, 0.2) is 29.4 Å². The zero-order valence-electron chi connectivity index (χ0n) is 13.2. The van der Waals surface area contributed by atoms with Gasteiger partial charge in [-0.25, -0.2) is 0 Å². The third-order valence-corrected chi connectivity index (χ3v) is 3.37. The van der Waals surface area contributed by atoms with Crippen molar-refractivity contribution in [2.75, 3.05) is 20.8 Å². The fourth-order valence-corrected chi connectivity index (χ4v) is 2.32. The Morgan fingerprint density at radius 3 is 3.05 bits per heavy atom. The summed E-state index contributed by atoms with van der Waals surface area (Å²) in [4.78, 5) is 17.3. The Bertz CT molecular complexity index is 545. The smallest absolute Gasteiger partial charge is 0.264 e. The molecule has 0 fully saturated rings. The van der Waals surface area contributed by atoms with Crippen LogP contribution in [0.25, 0.3) is 0 Å². The topological polar surface area (TPSA) is 69.2 Å². The molecule has 0 bridgehead atoms. The van der Waals surface area contributed by atoms with Crippen LogP contribution < -0.4 is 10.1 Å². The summed E-state index contributed by atoms with van der Waals surface area (Å²) in [7, 11) is 3.24. The molecule has 0 radical (unpaired) electrons. The Balaban J connectivity index is 1.85. The van der Waals surface area contributed by atoms with E-state index < -0.39 is 6.10 Å². The lowest BCUT2D eigenvalue weighted by Gasteiger charge is -2.15. The van der Waals surface area contributed by atoms with Gasteiger partial charge >= 0.3 is 0 Å². The summed E-state index contributed by atoms with van der Waals surface area (Å²) >= 11 is 0. The summed E-state index contributed by atoms with van der Waals surface area (Å²) in [5, 5.41) is 6.87. The van der Waals surface area contributed by atoms with Gasteiger partial charge in [-0.2, -0.15) is 0 Å². The lowest BCUT2D eigenvalue weighted by molar-refractivity contribution is -0.132. The number of hydrogen-bond acceptors (Lipinski definition) is 5. The van der Waals surface area contributed by atoms with E-state index in [9.17, 15) is 4.79 Å². The molecular formula is C16H22N2O4. The van der Waals surface area contributed by atoms with Crippen LogP contribution in [0.2, 0.25) is 0 Å². The van der Waals surface area contributed by atoms with Crippen molar-refractivity contribution in [3.8, 4) is 5.75 Å². The molecular weight excluding hydrogens is 284 g/mol. The maximum absolute atomic E-state index is 12.0. The molecule has 1 amide bonds. The SMILES string of the molecule is COC[C@H](C)NC(=O)[C@H]1CC(Cc2cccc(OC)c2)=NO1. The summed E-state index contributed by atoms with van der Waals surface area (Å²) < 4.78 is 10.2. The first-order chi connectivity index (χ1) is 10.6. The summed E-state index contributed by atoms with van der Waals surface area (Å²) in [5.41, 5.74) is 1.93. The molecule has 1 aliphatic heterocycles. The Kier molecular flexibility index (Phi) is 5.77. The molecule has 0 spiro atoms. The maximum atomic E-state index is 12.0. The van der Waals surface area contributed by atoms with Gasteiger partial charge in [0.15, 0.2) is 0 Å². The van der Waals surface area contributed by atoms with Crippen molar-refractivity contribution in [3.05, 3.63) is 29.8 Å². The van der Waals surface area contributed by atoms with Gasteiger partial charge in [0.2, 0.25) is 6.10 Å². The molecule has 6 heteroatoms. The fraction of sp³-hybridized carbons (Fsp3) is 0.500. The van der Waals surface area contributed by atoms with E-state index in [1.165, 1.54) is 0 Å². The number of nitrogens with zero attached hydrogens (tertiary/aromatic N) is 1. The van der Waals surface area contributed by atoms with Crippen molar-refractivity contribution >= 4 is 11.6 Å². The molecule has 1 aromatic carbocycles. The minimum absolute atomic E-state index is 0.0523. The third kappa shape index (κ3) is 4.46. The molecule has 2 atom stereocenters. The predicted molar refractivity (Wildman–Crippen MR) is 83.1 cm³/mol. The van der Waals surface area contributed by atoms with Crippen LogP contribution in [-0.4, -0.2) is 44.6 Å². The number of carbonyl (C=O) groups is 1. The summed E-state index contributed by atoms with van der Waals surface area (Å²) in [5.74, 6) is 0.647. The highest BCUT2D eigenvalue weighted by Gasteiger charge is 2.28. The molecule has 22 heavy (non-hydrogen) atoms. The van der Waals surface area contributed by atoms with E-state index in [0.717, 1.165) is 17.0 Å². The van der Waals surface area contributed by atoms with Crippen LogP contribution >= 0.6 is 0 Å². The molecule has 1 aromatic rings. The molecule has 0 unspecified atom stereocenters. The first kappa shape index (κ1) is 16.3. The number of methoxy groups -OCH3 is 2. The number of hydrogen-bond donors (Lipinski definition) is 1. The highest BCUT2D eigenvalue weighted by molar-refractivity contribution is 5.94. The minimum Gasteiger partial charge on any atom is -0.497 e. The summed E-state index contributed by atoms with van der Waals surface area (Å²) in [6.07, 6.45) is 0.595. The number of ether oxygens (including phenoxy) is 2. The largest absolute Gasteiger partial charge is 0.497 e. The number of nitrogens with one attached hydrogen (secondary N) is 1. The molecule has 120 valence electrons. The van der Waals surface area contributed by atoms with Gasteiger partial charge in [0.05, 0.1) is 19.4 Å². The maximum Gasteiger partial charge on any atom is 0.264 e. The van der Waals surface area contributed by atoms with Crippen molar-refractivity contribution < 1.29 is 19.1 Å². The number of amides is 1. The van der Waals surface area contributed by atoms with E-state index >= 15 is 0 Å². The standard InChI is InChI=1S/C16H22N2O4/c1-11(10-20-2)17-16(19)15-9-13(18-22-15)7-12-5-4-6-14(8-12)21-3/h4-6,8,11,15H,7,9-10H2,1-3H3,(H,17,19)/t11-,15+/m0/s1. The fourth-order valence-electron chi connectivity index (χ4n) is 2.32. The van der Waals surface area contributed by atoms with Crippen molar-refractivity contribution in [2.45, 2.75) is 31.9 Å². The molecule has 2 rings (SSSR count). The molecule has 1 N–H and O–H groups in total. The Hall–Kier alpha value is -2.08. The normalized spacial score (nSPS) is 18.3. The van der Waals surface area contributed by atoms with Gasteiger partial charge in [0, 0.05) is 26.0 Å². The van der Waals surface area contributed by atoms with Gasteiger partial charge < -0.3 is 19.6 Å². The van der Waals surface area contributed by atoms with E-state index in [0.29, 0.717) is 19.4 Å². The highest BCUT2D eigenvalue weighted by atomic mass is 16.6. The van der Waals surface area contributed by atoms with Crippen molar-refractivity contribution in [1.82, 2.24) is 5.32 Å². The minimum atomic E-state index is -0.556. The van der Waals surface area contributed by atoms with E-state index in [1.54, 1.807) is 14.2 Å². The van der Waals surface area contributed by atoms with Crippen LogP contribution in [0, 0.1) is 0 Å². The van der Waals surface area contributed by atoms with E-state index in [4.69, 9.17) is 14.3 Å². The average Bonchev–Trinajstić information content (AvgIpc) is 2.96. The molecule has 0 saturated carbocycles. The molecule has 0 aliphatic carbocycles. The second kappa shape index (κ2) is 7.79. The first-order valence-corrected chi connectivity index (χ1v) is 7.26. The van der Waals surface area contributed by atoms with Crippen LogP contribution in [0.1, 0.15) is 18.9 Å². The van der Waals surface area contributed by atoms with Gasteiger partial charge in [0.25, 0.3) is 5.91 Å². The third-order valence-electron chi connectivity index (χ3n) is 3.37. The van der Waals surface area contributed by atoms with Crippen molar-refractivity contribution in [2.24, 2.45) is 5.16 Å². The Morgan fingerprint density at radius 1 is 1.50 bits per heavy atom. The second-order valence-corrected chi connectivity index (χ2v) is 5.35. The number of oxime groups is 1. The van der Waals surface area contributed by atoms with E-state index in [2.05, 4.69) is 10.5 Å². The van der Waals surface area contributed by atoms with Gasteiger partial charge in [-0.1, -0.05) is 17.3 Å². The van der Waals surface area contributed by atoms with Gasteiger partial charge in [-0.15, -0.1) is 0 Å². The molecule has 1 aliphatic rings. The molecule has 0 aromatic heterocycles. The highest BCUT2D eigenvalue weighted by Crippen LogP contribution is 2.18. The quantitative estimate of drug-likeness (QED) is 0.829. The molecule has 6 nitrogen and oxygen atoms in total. The molecule has 0 saturated heterocycles. The molecule has 1 heterocycles. The lowest BCUT2D eigenvalue weighted by Crippen LogP contribution is -2.42. The summed E-state index contributed by atoms with van der Waals surface area (Å²) in [6, 6.07) is 7.73. The predicted octanol–water partition coefficient (Wildman–Crippen LogP) is 1.53.